The van der Waals surface area contributed by atoms with E-state index in [1.165, 1.54) is 0 Å². The Kier molecular flexibility index (Phi) is 3.33. The van der Waals surface area contributed by atoms with E-state index in [1.807, 2.05) is 6.07 Å². The molecular formula is C13H18N2O2. The van der Waals surface area contributed by atoms with E-state index in [-0.39, 0.29) is 17.7 Å². The maximum atomic E-state index is 11.4. The van der Waals surface area contributed by atoms with Crippen molar-refractivity contribution >= 4 is 11.6 Å². The van der Waals surface area contributed by atoms with Crippen LogP contribution in [0.2, 0.25) is 0 Å². The molecule has 1 aromatic carbocycles. The van der Waals surface area contributed by atoms with Crippen molar-refractivity contribution in [2.75, 3.05) is 11.9 Å². The van der Waals surface area contributed by atoms with Crippen molar-refractivity contribution in [3.63, 3.8) is 0 Å². The van der Waals surface area contributed by atoms with Crippen molar-refractivity contribution < 1.29 is 9.90 Å². The number of aromatic hydroxyl groups is 1. The minimum Gasteiger partial charge on any atom is -0.506 e. The Balaban J connectivity index is 2.30. The third kappa shape index (κ3) is 2.26. The first-order chi connectivity index (χ1) is 8.13. The van der Waals surface area contributed by atoms with Crippen molar-refractivity contribution in [2.24, 2.45) is 0 Å². The van der Waals surface area contributed by atoms with Crippen molar-refractivity contribution in [1.29, 1.82) is 0 Å². The van der Waals surface area contributed by atoms with Gasteiger partial charge in [-0.15, -0.1) is 0 Å². The summed E-state index contributed by atoms with van der Waals surface area (Å²) in [4.78, 5) is 11.4. The van der Waals surface area contributed by atoms with Crippen molar-refractivity contribution in [3.8, 4) is 5.75 Å². The largest absolute Gasteiger partial charge is 0.506 e. The summed E-state index contributed by atoms with van der Waals surface area (Å²) in [7, 11) is 0. The van der Waals surface area contributed by atoms with Gasteiger partial charge in [0.05, 0.1) is 12.1 Å². The van der Waals surface area contributed by atoms with Crippen LogP contribution in [-0.4, -0.2) is 17.6 Å². The van der Waals surface area contributed by atoms with Gasteiger partial charge < -0.3 is 15.7 Å². The highest BCUT2D eigenvalue weighted by Gasteiger charge is 2.25. The van der Waals surface area contributed by atoms with Gasteiger partial charge in [0.2, 0.25) is 5.91 Å². The summed E-state index contributed by atoms with van der Waals surface area (Å²) in [6.45, 7) is 5.13. The zero-order valence-corrected chi connectivity index (χ0v) is 10.2. The predicted octanol–water partition coefficient (Wildman–Crippen LogP) is 1.95. The average molecular weight is 234 g/mol. The molecule has 3 N–H and O–H groups in total. The first-order valence-corrected chi connectivity index (χ1v) is 6.01. The van der Waals surface area contributed by atoms with Crippen LogP contribution in [-0.2, 0) is 11.2 Å². The highest BCUT2D eigenvalue weighted by Crippen LogP contribution is 2.36. The topological polar surface area (TPSA) is 61.4 Å². The lowest BCUT2D eigenvalue weighted by atomic mass is 9.98. The lowest BCUT2D eigenvalue weighted by molar-refractivity contribution is -0.115. The van der Waals surface area contributed by atoms with E-state index < -0.39 is 0 Å². The molecule has 1 heterocycles. The van der Waals surface area contributed by atoms with E-state index in [1.54, 1.807) is 6.07 Å². The van der Waals surface area contributed by atoms with Gasteiger partial charge in [-0.2, -0.15) is 0 Å². The van der Waals surface area contributed by atoms with E-state index >= 15 is 0 Å². The molecule has 0 saturated heterocycles. The maximum absolute atomic E-state index is 11.4. The molecule has 4 heteroatoms. The third-order valence-corrected chi connectivity index (χ3v) is 3.10. The van der Waals surface area contributed by atoms with Gasteiger partial charge in [-0.3, -0.25) is 4.79 Å². The smallest absolute Gasteiger partial charge is 0.228 e. The van der Waals surface area contributed by atoms with Crippen molar-refractivity contribution in [1.82, 2.24) is 5.32 Å². The molecule has 2 rings (SSSR count). The molecule has 17 heavy (non-hydrogen) atoms. The number of anilines is 1. The second kappa shape index (κ2) is 4.75. The molecule has 4 nitrogen and oxygen atoms in total. The second-order valence-electron chi connectivity index (χ2n) is 4.43. The summed E-state index contributed by atoms with van der Waals surface area (Å²) in [5, 5.41) is 15.8. The van der Waals surface area contributed by atoms with Crippen LogP contribution in [0.25, 0.3) is 0 Å². The highest BCUT2D eigenvalue weighted by molar-refractivity contribution is 6.01. The molecule has 0 bridgehead atoms. The standard InChI is InChI=1S/C13H18N2O2/c1-3-6-14-8(2)9-4-5-11(16)13-10(9)7-12(17)15-13/h4-5,8,14,16H,3,6-7H2,1-2H3,(H,15,17). The summed E-state index contributed by atoms with van der Waals surface area (Å²) in [5.41, 5.74) is 2.59. The van der Waals surface area contributed by atoms with Crippen LogP contribution in [0.1, 0.15) is 37.4 Å². The number of nitrogens with one attached hydrogen (secondary N) is 2. The SMILES string of the molecule is CCCNC(C)c1ccc(O)c2c1CC(=O)N2. The van der Waals surface area contributed by atoms with Crippen molar-refractivity contribution in [3.05, 3.63) is 23.3 Å². The number of benzene rings is 1. The molecule has 0 aromatic heterocycles. The Bertz CT molecular complexity index is 443. The molecule has 0 spiro atoms. The number of hydrogen-bond acceptors (Lipinski definition) is 3. The fourth-order valence-electron chi connectivity index (χ4n) is 2.20. The molecule has 1 atom stereocenters. The van der Waals surface area contributed by atoms with Gasteiger partial charge in [-0.25, -0.2) is 0 Å². The highest BCUT2D eigenvalue weighted by atomic mass is 16.3. The second-order valence-corrected chi connectivity index (χ2v) is 4.43. The summed E-state index contributed by atoms with van der Waals surface area (Å²) in [6, 6.07) is 3.73. The van der Waals surface area contributed by atoms with Crippen LogP contribution in [0.3, 0.4) is 0 Å². The van der Waals surface area contributed by atoms with Gasteiger partial charge in [-0.05, 0) is 37.1 Å². The van der Waals surface area contributed by atoms with Gasteiger partial charge in [0.15, 0.2) is 0 Å². The van der Waals surface area contributed by atoms with Crippen LogP contribution < -0.4 is 10.6 Å². The molecule has 0 fully saturated rings. The molecule has 0 aliphatic carbocycles. The first-order valence-electron chi connectivity index (χ1n) is 6.01. The van der Waals surface area contributed by atoms with Gasteiger partial charge >= 0.3 is 0 Å². The molecule has 1 amide bonds. The summed E-state index contributed by atoms with van der Waals surface area (Å²) in [6.07, 6.45) is 1.43. The van der Waals surface area contributed by atoms with Gasteiger partial charge in [-0.1, -0.05) is 13.0 Å². The molecule has 0 saturated carbocycles. The van der Waals surface area contributed by atoms with Crippen LogP contribution >= 0.6 is 0 Å². The Hall–Kier alpha value is -1.55. The van der Waals surface area contributed by atoms with Crippen molar-refractivity contribution in [2.45, 2.75) is 32.7 Å². The Morgan fingerprint density at radius 2 is 2.29 bits per heavy atom. The van der Waals surface area contributed by atoms with E-state index in [0.717, 1.165) is 24.1 Å². The Morgan fingerprint density at radius 3 is 3.00 bits per heavy atom. The molecular weight excluding hydrogens is 216 g/mol. The predicted molar refractivity (Wildman–Crippen MR) is 67.1 cm³/mol. The number of phenolic OH excluding ortho intramolecular Hbond substituents is 1. The van der Waals surface area contributed by atoms with E-state index in [4.69, 9.17) is 0 Å². The average Bonchev–Trinajstić information content (AvgIpc) is 2.69. The van der Waals surface area contributed by atoms with E-state index in [9.17, 15) is 9.90 Å². The monoisotopic (exact) mass is 234 g/mol. The number of hydrogen-bond donors (Lipinski definition) is 3. The number of rotatable bonds is 4. The van der Waals surface area contributed by atoms with Crippen LogP contribution in [0.5, 0.6) is 5.75 Å². The van der Waals surface area contributed by atoms with Gasteiger partial charge in [0.1, 0.15) is 5.75 Å². The molecule has 1 unspecified atom stereocenters. The summed E-state index contributed by atoms with van der Waals surface area (Å²) >= 11 is 0. The first kappa shape index (κ1) is 11.9. The molecule has 1 aromatic rings. The zero-order valence-electron chi connectivity index (χ0n) is 10.2. The minimum absolute atomic E-state index is 0.0505. The van der Waals surface area contributed by atoms with Gasteiger partial charge in [0, 0.05) is 6.04 Å². The zero-order chi connectivity index (χ0) is 12.4. The number of phenols is 1. The minimum atomic E-state index is -0.0505. The van der Waals surface area contributed by atoms with Crippen LogP contribution in [0.15, 0.2) is 12.1 Å². The fourth-order valence-corrected chi connectivity index (χ4v) is 2.20. The Morgan fingerprint density at radius 1 is 1.53 bits per heavy atom. The summed E-state index contributed by atoms with van der Waals surface area (Å²) < 4.78 is 0. The van der Waals surface area contributed by atoms with E-state index in [2.05, 4.69) is 24.5 Å². The number of carbonyl (C=O) groups is 1. The molecule has 1 aliphatic heterocycles. The quantitative estimate of drug-likeness (QED) is 0.698. The Labute approximate surface area is 101 Å². The molecule has 1 aliphatic rings. The third-order valence-electron chi connectivity index (χ3n) is 3.10. The van der Waals surface area contributed by atoms with E-state index in [0.29, 0.717) is 12.1 Å². The van der Waals surface area contributed by atoms with Crippen LogP contribution in [0.4, 0.5) is 5.69 Å². The molecule has 0 radical (unpaired) electrons. The summed E-state index contributed by atoms with van der Waals surface area (Å²) in [5.74, 6) is 0.0998. The lowest BCUT2D eigenvalue weighted by Crippen LogP contribution is -2.20. The fraction of sp³-hybridized carbons (Fsp3) is 0.462. The normalized spacial score (nSPS) is 15.5. The number of amides is 1. The maximum Gasteiger partial charge on any atom is 0.228 e. The van der Waals surface area contributed by atoms with Crippen LogP contribution in [0, 0.1) is 0 Å². The lowest BCUT2D eigenvalue weighted by Gasteiger charge is -2.17. The van der Waals surface area contributed by atoms with Gasteiger partial charge in [0.25, 0.3) is 0 Å². The molecule has 92 valence electrons. The number of carbonyl (C=O) groups excluding carboxylic acids is 1. The number of fused-ring (bicyclic) bond motifs is 1.